The normalized spacial score (nSPS) is 11.8. The second-order valence-corrected chi connectivity index (χ2v) is 14.2. The van der Waals surface area contributed by atoms with E-state index in [1.807, 2.05) is 37.3 Å². The van der Waals surface area contributed by atoms with Gasteiger partial charge in [0.2, 0.25) is 11.8 Å². The Morgan fingerprint density at radius 1 is 0.980 bits per heavy atom. The van der Waals surface area contributed by atoms with Crippen molar-refractivity contribution >= 4 is 56.4 Å². The van der Waals surface area contributed by atoms with E-state index >= 15 is 0 Å². The lowest BCUT2D eigenvalue weighted by molar-refractivity contribution is -0.385. The van der Waals surface area contributed by atoms with Crippen molar-refractivity contribution < 1.29 is 27.7 Å². The maximum atomic E-state index is 14.6. The molecule has 0 aliphatic heterocycles. The summed E-state index contributed by atoms with van der Waals surface area (Å²) in [5.41, 5.74) is 1.23. The molecule has 264 valence electrons. The molecule has 1 unspecified atom stereocenters. The van der Waals surface area contributed by atoms with Crippen LogP contribution >= 0.6 is 23.2 Å². The van der Waals surface area contributed by atoms with Crippen molar-refractivity contribution in [2.45, 2.75) is 50.6 Å². The molecule has 0 aromatic heterocycles. The fourth-order valence-electron chi connectivity index (χ4n) is 5.24. The number of unbranched alkanes of at least 4 members (excludes halogenated alkanes) is 1. The van der Waals surface area contributed by atoms with Gasteiger partial charge in [0.15, 0.2) is 0 Å². The number of hydrogen-bond donors (Lipinski definition) is 1. The van der Waals surface area contributed by atoms with Gasteiger partial charge < -0.3 is 15.0 Å². The summed E-state index contributed by atoms with van der Waals surface area (Å²) in [5.74, 6) is -0.702. The lowest BCUT2D eigenvalue weighted by Crippen LogP contribution is -2.53. The summed E-state index contributed by atoms with van der Waals surface area (Å²) < 4.78 is 34.8. The quantitative estimate of drug-likeness (QED) is 0.0744. The second-order valence-electron chi connectivity index (χ2n) is 11.5. The number of carbonyl (C=O) groups excluding carboxylic acids is 2. The SMILES string of the molecule is CCCCNC(=O)C(Cc1ccccc1)N(Cc1ccc(Cl)cc1Cl)C(=O)CN(c1ccc(OC)cc1)S(=O)(=O)c1ccc(C)c([N+](=O)[O-])c1. The van der Waals surface area contributed by atoms with Crippen molar-refractivity contribution in [3.8, 4) is 5.75 Å². The van der Waals surface area contributed by atoms with Crippen molar-refractivity contribution in [3.05, 3.63) is 128 Å². The molecule has 11 nitrogen and oxygen atoms in total. The number of anilines is 1. The average Bonchev–Trinajstić information content (AvgIpc) is 3.10. The Balaban J connectivity index is 1.85. The summed E-state index contributed by atoms with van der Waals surface area (Å²) in [4.78, 5) is 40.6. The van der Waals surface area contributed by atoms with Crippen molar-refractivity contribution in [3.63, 3.8) is 0 Å². The molecule has 0 bridgehead atoms. The Hall–Kier alpha value is -4.65. The van der Waals surface area contributed by atoms with Crippen molar-refractivity contribution in [2.24, 2.45) is 0 Å². The van der Waals surface area contributed by atoms with E-state index in [1.165, 1.54) is 61.4 Å². The summed E-state index contributed by atoms with van der Waals surface area (Å²) >= 11 is 12.7. The Morgan fingerprint density at radius 2 is 1.68 bits per heavy atom. The van der Waals surface area contributed by atoms with E-state index < -0.39 is 45.0 Å². The molecule has 0 saturated heterocycles. The van der Waals surface area contributed by atoms with Gasteiger partial charge in [0.05, 0.1) is 22.6 Å². The van der Waals surface area contributed by atoms with Gasteiger partial charge in [-0.15, -0.1) is 0 Å². The molecule has 0 spiro atoms. The molecule has 0 aliphatic carbocycles. The summed E-state index contributed by atoms with van der Waals surface area (Å²) in [7, 11) is -3.13. The minimum atomic E-state index is -4.59. The number of methoxy groups -OCH3 is 1. The Labute approximate surface area is 302 Å². The molecule has 0 radical (unpaired) electrons. The van der Waals surface area contributed by atoms with Crippen molar-refractivity contribution in [2.75, 3.05) is 24.5 Å². The second kappa shape index (κ2) is 17.3. The fourth-order valence-corrected chi connectivity index (χ4v) is 7.15. The van der Waals surface area contributed by atoms with Crippen LogP contribution in [-0.4, -0.2) is 56.3 Å². The first kappa shape index (κ1) is 38.2. The molecule has 0 saturated carbocycles. The van der Waals surface area contributed by atoms with E-state index in [0.29, 0.717) is 29.3 Å². The van der Waals surface area contributed by atoms with E-state index in [-0.39, 0.29) is 34.1 Å². The highest BCUT2D eigenvalue weighted by Gasteiger charge is 2.35. The molecular weight excluding hydrogens is 703 g/mol. The van der Waals surface area contributed by atoms with Crippen LogP contribution < -0.4 is 14.4 Å². The summed E-state index contributed by atoms with van der Waals surface area (Å²) in [5, 5.41) is 15.3. The van der Waals surface area contributed by atoms with Crippen LogP contribution in [0, 0.1) is 17.0 Å². The molecule has 1 atom stereocenters. The Morgan fingerprint density at radius 3 is 2.30 bits per heavy atom. The van der Waals surface area contributed by atoms with Crippen LogP contribution in [-0.2, 0) is 32.6 Å². The van der Waals surface area contributed by atoms with Gasteiger partial charge in [-0.2, -0.15) is 0 Å². The zero-order chi connectivity index (χ0) is 36.4. The number of nitrogens with zero attached hydrogens (tertiary/aromatic N) is 3. The maximum absolute atomic E-state index is 14.6. The molecule has 4 aromatic carbocycles. The van der Waals surface area contributed by atoms with Crippen molar-refractivity contribution in [1.29, 1.82) is 0 Å². The standard InChI is InChI=1S/C36H38Cl2N4O7S/c1-4-5-19-39-36(44)34(20-26-9-7-6-8-10-26)40(23-27-12-13-28(37)21-32(27)38)35(43)24-41(29-14-16-30(49-3)17-15-29)50(47,48)31-18-11-25(2)33(22-31)42(45)46/h6-18,21-22,34H,4-5,19-20,23-24H2,1-3H3,(H,39,44). The number of rotatable bonds is 16. The molecule has 14 heteroatoms. The predicted octanol–water partition coefficient (Wildman–Crippen LogP) is 6.97. The van der Waals surface area contributed by atoms with Crippen LogP contribution in [0.1, 0.15) is 36.5 Å². The highest BCUT2D eigenvalue weighted by molar-refractivity contribution is 7.92. The first-order chi connectivity index (χ1) is 23.8. The van der Waals surface area contributed by atoms with Gasteiger partial charge in [-0.3, -0.25) is 24.0 Å². The molecule has 4 rings (SSSR count). The minimum Gasteiger partial charge on any atom is -0.497 e. The first-order valence-electron chi connectivity index (χ1n) is 15.8. The van der Waals surface area contributed by atoms with Crippen LogP contribution in [0.2, 0.25) is 10.0 Å². The number of benzene rings is 4. The Kier molecular flexibility index (Phi) is 13.2. The lowest BCUT2D eigenvalue weighted by atomic mass is 10.0. The zero-order valence-corrected chi connectivity index (χ0v) is 30.2. The fraction of sp³-hybridized carbons (Fsp3) is 0.278. The minimum absolute atomic E-state index is 0.0962. The third-order valence-corrected chi connectivity index (χ3v) is 10.4. The van der Waals surface area contributed by atoms with Gasteiger partial charge in [-0.1, -0.05) is 79.0 Å². The van der Waals surface area contributed by atoms with Crippen molar-refractivity contribution in [1.82, 2.24) is 10.2 Å². The number of aryl methyl sites for hydroxylation is 1. The number of nitro benzene ring substituents is 1. The number of sulfonamides is 1. The van der Waals surface area contributed by atoms with E-state index in [1.54, 1.807) is 12.1 Å². The lowest BCUT2D eigenvalue weighted by Gasteiger charge is -2.34. The smallest absolute Gasteiger partial charge is 0.273 e. The van der Waals surface area contributed by atoms with Gasteiger partial charge in [-0.05, 0) is 66.9 Å². The highest BCUT2D eigenvalue weighted by Crippen LogP contribution is 2.30. The predicted molar refractivity (Wildman–Crippen MR) is 194 cm³/mol. The summed E-state index contributed by atoms with van der Waals surface area (Å²) in [6.07, 6.45) is 1.67. The molecule has 2 amide bonds. The number of halogens is 2. The third kappa shape index (κ3) is 9.52. The number of nitrogens with one attached hydrogen (secondary N) is 1. The van der Waals surface area contributed by atoms with Crippen LogP contribution in [0.15, 0.2) is 95.9 Å². The van der Waals surface area contributed by atoms with E-state index in [0.717, 1.165) is 22.4 Å². The van der Waals surface area contributed by atoms with E-state index in [4.69, 9.17) is 27.9 Å². The number of hydrogen-bond acceptors (Lipinski definition) is 7. The molecule has 0 fully saturated rings. The topological polar surface area (TPSA) is 139 Å². The van der Waals surface area contributed by atoms with Crippen LogP contribution in [0.5, 0.6) is 5.75 Å². The third-order valence-electron chi connectivity index (χ3n) is 8.06. The van der Waals surface area contributed by atoms with Gasteiger partial charge in [0.1, 0.15) is 18.3 Å². The molecule has 4 aromatic rings. The largest absolute Gasteiger partial charge is 0.497 e. The van der Waals surface area contributed by atoms with Gasteiger partial charge in [0.25, 0.3) is 15.7 Å². The summed E-state index contributed by atoms with van der Waals surface area (Å²) in [6.45, 7) is 2.96. The molecule has 0 heterocycles. The van der Waals surface area contributed by atoms with Crippen LogP contribution in [0.3, 0.4) is 0 Å². The van der Waals surface area contributed by atoms with Gasteiger partial charge in [0, 0.05) is 41.2 Å². The van der Waals surface area contributed by atoms with Gasteiger partial charge in [-0.25, -0.2) is 8.42 Å². The van der Waals surface area contributed by atoms with Crippen LogP contribution in [0.4, 0.5) is 11.4 Å². The van der Waals surface area contributed by atoms with E-state index in [9.17, 15) is 28.1 Å². The Bertz CT molecular complexity index is 1930. The van der Waals surface area contributed by atoms with Gasteiger partial charge >= 0.3 is 0 Å². The molecule has 50 heavy (non-hydrogen) atoms. The van der Waals surface area contributed by atoms with Crippen LogP contribution in [0.25, 0.3) is 0 Å². The maximum Gasteiger partial charge on any atom is 0.273 e. The monoisotopic (exact) mass is 740 g/mol. The number of nitro groups is 1. The van der Waals surface area contributed by atoms with E-state index in [2.05, 4.69) is 5.32 Å². The number of amides is 2. The highest BCUT2D eigenvalue weighted by atomic mass is 35.5. The molecule has 1 N–H and O–H groups in total. The molecular formula is C36H38Cl2N4O7S. The number of carbonyl (C=O) groups is 2. The molecule has 0 aliphatic rings. The first-order valence-corrected chi connectivity index (χ1v) is 18.0. The zero-order valence-electron chi connectivity index (χ0n) is 27.8. The number of ether oxygens (including phenoxy) is 1. The summed E-state index contributed by atoms with van der Waals surface area (Å²) in [6, 6.07) is 22.4. The average molecular weight is 742 g/mol.